The van der Waals surface area contributed by atoms with E-state index in [0.717, 1.165) is 24.4 Å². The first-order chi connectivity index (χ1) is 15.4. The van der Waals surface area contributed by atoms with Gasteiger partial charge in [-0.1, -0.05) is 42.5 Å². The molecule has 0 aliphatic carbocycles. The van der Waals surface area contributed by atoms with Gasteiger partial charge in [0.15, 0.2) is 11.6 Å². The highest BCUT2D eigenvalue weighted by atomic mass is 16.6. The number of non-ortho nitro benzene ring substituents is 1. The smallest absolute Gasteiger partial charge is 0.270 e. The number of rotatable bonds is 8. The summed E-state index contributed by atoms with van der Waals surface area (Å²) in [5.41, 5.74) is 4.40. The van der Waals surface area contributed by atoms with Crippen molar-refractivity contribution in [1.82, 2.24) is 19.3 Å². The van der Waals surface area contributed by atoms with Crippen LogP contribution in [0, 0.1) is 24.0 Å². The Morgan fingerprint density at radius 3 is 2.59 bits per heavy atom. The fourth-order valence-electron chi connectivity index (χ4n) is 3.81. The Bertz CT molecular complexity index is 1270. The van der Waals surface area contributed by atoms with E-state index in [0.29, 0.717) is 17.0 Å². The summed E-state index contributed by atoms with van der Waals surface area (Å²) in [6.45, 7) is 4.81. The summed E-state index contributed by atoms with van der Waals surface area (Å²) < 4.78 is 3.63. The van der Waals surface area contributed by atoms with Crippen molar-refractivity contribution in [2.24, 2.45) is 0 Å². The molecule has 0 aliphatic heterocycles. The molecule has 32 heavy (non-hydrogen) atoms. The standard InChI is InChI=1S/C24H23N5O3/c1-17-13-22(18(2)28(17)12-11-19-7-4-3-5-8-19)23(30)15-27-16-25-24(26-27)20-9-6-10-21(14-20)29(31)32/h3-10,13-14,16H,11-12,15H2,1-2H3. The molecular formula is C24H23N5O3. The Labute approximate surface area is 185 Å². The summed E-state index contributed by atoms with van der Waals surface area (Å²) in [5, 5.41) is 15.3. The van der Waals surface area contributed by atoms with E-state index >= 15 is 0 Å². The van der Waals surface area contributed by atoms with Crippen LogP contribution in [0.25, 0.3) is 11.4 Å². The molecule has 4 aromatic rings. The molecule has 2 aromatic heterocycles. The molecule has 0 atom stereocenters. The Morgan fingerprint density at radius 1 is 1.06 bits per heavy atom. The molecule has 0 unspecified atom stereocenters. The van der Waals surface area contributed by atoms with Gasteiger partial charge in [0.05, 0.1) is 4.92 Å². The maximum Gasteiger partial charge on any atom is 0.270 e. The number of nitro benzene ring substituents is 1. The van der Waals surface area contributed by atoms with E-state index in [2.05, 4.69) is 26.8 Å². The average Bonchev–Trinajstić information content (AvgIpc) is 3.37. The van der Waals surface area contributed by atoms with Crippen LogP contribution in [0.15, 0.2) is 67.0 Å². The SMILES string of the molecule is Cc1cc(C(=O)Cn2cnc(-c3cccc([N+](=O)[O-])c3)n2)c(C)n1CCc1ccccc1. The molecule has 0 N–H and O–H groups in total. The first-order valence-corrected chi connectivity index (χ1v) is 10.3. The van der Waals surface area contributed by atoms with Crippen molar-refractivity contribution in [2.75, 3.05) is 0 Å². The maximum absolute atomic E-state index is 13.0. The lowest BCUT2D eigenvalue weighted by Crippen LogP contribution is -2.12. The predicted molar refractivity (Wildman–Crippen MR) is 120 cm³/mol. The number of carbonyl (C=O) groups excluding carboxylic acids is 1. The molecule has 4 rings (SSSR count). The molecule has 2 heterocycles. The van der Waals surface area contributed by atoms with Crippen LogP contribution < -0.4 is 0 Å². The second kappa shape index (κ2) is 8.97. The Kier molecular flexibility index (Phi) is 5.93. The number of nitrogens with zero attached hydrogens (tertiary/aromatic N) is 5. The molecule has 0 saturated carbocycles. The molecular weight excluding hydrogens is 406 g/mol. The molecule has 8 heteroatoms. The van der Waals surface area contributed by atoms with Crippen molar-refractivity contribution < 1.29 is 9.72 Å². The number of hydrogen-bond donors (Lipinski definition) is 0. The summed E-state index contributed by atoms with van der Waals surface area (Å²) >= 11 is 0. The van der Waals surface area contributed by atoms with Gasteiger partial charge in [0.1, 0.15) is 12.9 Å². The van der Waals surface area contributed by atoms with Crippen LogP contribution in [0.3, 0.4) is 0 Å². The minimum Gasteiger partial charge on any atom is -0.348 e. The third kappa shape index (κ3) is 4.49. The van der Waals surface area contributed by atoms with Gasteiger partial charge in [-0.05, 0) is 31.9 Å². The fraction of sp³-hybridized carbons (Fsp3) is 0.208. The zero-order valence-electron chi connectivity index (χ0n) is 17.9. The minimum atomic E-state index is -0.461. The van der Waals surface area contributed by atoms with Crippen molar-refractivity contribution in [3.63, 3.8) is 0 Å². The molecule has 162 valence electrons. The lowest BCUT2D eigenvalue weighted by atomic mass is 10.1. The molecule has 0 radical (unpaired) electrons. The first kappa shape index (κ1) is 21.2. The number of ketones is 1. The van der Waals surface area contributed by atoms with E-state index in [1.807, 2.05) is 38.1 Å². The first-order valence-electron chi connectivity index (χ1n) is 10.3. The summed E-state index contributed by atoms with van der Waals surface area (Å²) in [5.74, 6) is 0.286. The van der Waals surface area contributed by atoms with Crippen molar-refractivity contribution in [3.05, 3.63) is 99.6 Å². The lowest BCUT2D eigenvalue weighted by molar-refractivity contribution is -0.384. The van der Waals surface area contributed by atoms with Gasteiger partial charge in [-0.25, -0.2) is 9.67 Å². The highest BCUT2D eigenvalue weighted by molar-refractivity contribution is 5.97. The van der Waals surface area contributed by atoms with Gasteiger partial charge in [0, 0.05) is 41.2 Å². The number of Topliss-reactive ketones (excluding diaryl/α,β-unsaturated/α-hetero) is 1. The number of benzene rings is 2. The molecule has 0 amide bonds. The van der Waals surface area contributed by atoms with Crippen LogP contribution in [0.2, 0.25) is 0 Å². The van der Waals surface area contributed by atoms with Gasteiger partial charge in [-0.3, -0.25) is 14.9 Å². The van der Waals surface area contributed by atoms with E-state index in [9.17, 15) is 14.9 Å². The van der Waals surface area contributed by atoms with E-state index in [1.165, 1.54) is 28.7 Å². The average molecular weight is 429 g/mol. The summed E-state index contributed by atoms with van der Waals surface area (Å²) in [4.78, 5) is 27.7. The Balaban J connectivity index is 1.48. The lowest BCUT2D eigenvalue weighted by Gasteiger charge is -2.10. The van der Waals surface area contributed by atoms with Crippen molar-refractivity contribution in [2.45, 2.75) is 33.4 Å². The largest absolute Gasteiger partial charge is 0.348 e. The molecule has 0 fully saturated rings. The molecule has 0 spiro atoms. The van der Waals surface area contributed by atoms with Crippen molar-refractivity contribution >= 4 is 11.5 Å². The molecule has 0 aliphatic rings. The van der Waals surface area contributed by atoms with Gasteiger partial charge >= 0.3 is 0 Å². The fourth-order valence-corrected chi connectivity index (χ4v) is 3.81. The van der Waals surface area contributed by atoms with Crippen molar-refractivity contribution in [1.29, 1.82) is 0 Å². The maximum atomic E-state index is 13.0. The second-order valence-electron chi connectivity index (χ2n) is 7.67. The summed E-state index contributed by atoms with van der Waals surface area (Å²) in [7, 11) is 0. The van der Waals surface area contributed by atoms with Gasteiger partial charge < -0.3 is 4.57 Å². The third-order valence-electron chi connectivity index (χ3n) is 5.50. The van der Waals surface area contributed by atoms with Crippen LogP contribution in [0.4, 0.5) is 5.69 Å². The van der Waals surface area contributed by atoms with Gasteiger partial charge in [0.2, 0.25) is 0 Å². The highest BCUT2D eigenvalue weighted by Crippen LogP contribution is 2.21. The van der Waals surface area contributed by atoms with Crippen LogP contribution in [0.1, 0.15) is 27.3 Å². The zero-order chi connectivity index (χ0) is 22.7. The summed E-state index contributed by atoms with van der Waals surface area (Å²) in [6, 6.07) is 18.3. The molecule has 8 nitrogen and oxygen atoms in total. The summed E-state index contributed by atoms with van der Waals surface area (Å²) in [6.07, 6.45) is 2.36. The van der Waals surface area contributed by atoms with E-state index in [-0.39, 0.29) is 18.0 Å². The molecule has 0 bridgehead atoms. The minimum absolute atomic E-state index is 0.0298. The topological polar surface area (TPSA) is 95.8 Å². The molecule has 2 aromatic carbocycles. The quantitative estimate of drug-likeness (QED) is 0.235. The van der Waals surface area contributed by atoms with Gasteiger partial charge in [-0.15, -0.1) is 0 Å². The normalized spacial score (nSPS) is 10.9. The zero-order valence-corrected chi connectivity index (χ0v) is 17.9. The van der Waals surface area contributed by atoms with E-state index in [4.69, 9.17) is 0 Å². The van der Waals surface area contributed by atoms with Crippen LogP contribution in [-0.2, 0) is 19.5 Å². The van der Waals surface area contributed by atoms with Gasteiger partial charge in [0.25, 0.3) is 5.69 Å². The molecule has 0 saturated heterocycles. The van der Waals surface area contributed by atoms with Gasteiger partial charge in [-0.2, -0.15) is 5.10 Å². The number of nitro groups is 1. The van der Waals surface area contributed by atoms with Crippen LogP contribution in [0.5, 0.6) is 0 Å². The predicted octanol–water partition coefficient (Wildman–Crippen LogP) is 4.40. The number of aromatic nitrogens is 4. The second-order valence-corrected chi connectivity index (χ2v) is 7.67. The number of hydrogen-bond acceptors (Lipinski definition) is 5. The Morgan fingerprint density at radius 2 is 1.84 bits per heavy atom. The van der Waals surface area contributed by atoms with Crippen molar-refractivity contribution in [3.8, 4) is 11.4 Å². The number of carbonyl (C=O) groups is 1. The number of aryl methyl sites for hydroxylation is 2. The van der Waals surface area contributed by atoms with E-state index < -0.39 is 4.92 Å². The monoisotopic (exact) mass is 429 g/mol. The van der Waals surface area contributed by atoms with Crippen LogP contribution >= 0.6 is 0 Å². The highest BCUT2D eigenvalue weighted by Gasteiger charge is 2.17. The Hall–Kier alpha value is -4.07. The van der Waals surface area contributed by atoms with E-state index in [1.54, 1.807) is 12.1 Å². The van der Waals surface area contributed by atoms with Crippen LogP contribution in [-0.4, -0.2) is 30.0 Å². The third-order valence-corrected chi connectivity index (χ3v) is 5.50.